The van der Waals surface area contributed by atoms with Gasteiger partial charge in [0.05, 0.1) is 13.7 Å². The zero-order chi connectivity index (χ0) is 19.5. The predicted octanol–water partition coefficient (Wildman–Crippen LogP) is 2.69. The van der Waals surface area contributed by atoms with Crippen molar-refractivity contribution in [1.29, 1.82) is 0 Å². The van der Waals surface area contributed by atoms with E-state index in [1.54, 1.807) is 18.4 Å². The van der Waals surface area contributed by atoms with E-state index in [-0.39, 0.29) is 12.5 Å². The van der Waals surface area contributed by atoms with Gasteiger partial charge in [0, 0.05) is 22.8 Å². The van der Waals surface area contributed by atoms with Gasteiger partial charge in [-0.3, -0.25) is 4.79 Å². The number of aryl methyl sites for hydroxylation is 1. The largest absolute Gasteiger partial charge is 0.497 e. The Morgan fingerprint density at radius 3 is 2.37 bits per heavy atom. The molecule has 0 saturated heterocycles. The van der Waals surface area contributed by atoms with Crippen LogP contribution in [0.3, 0.4) is 0 Å². The fourth-order valence-corrected chi connectivity index (χ4v) is 3.27. The molecule has 146 valence electrons. The van der Waals surface area contributed by atoms with E-state index in [0.717, 1.165) is 24.3 Å². The summed E-state index contributed by atoms with van der Waals surface area (Å²) in [5, 5.41) is 9.31. The predicted molar refractivity (Wildman–Crippen MR) is 111 cm³/mol. The van der Waals surface area contributed by atoms with Gasteiger partial charge in [-0.2, -0.15) is 0 Å². The van der Waals surface area contributed by atoms with Gasteiger partial charge < -0.3 is 20.7 Å². The molecule has 2 aromatic rings. The third kappa shape index (κ3) is 7.30. The average Bonchev–Trinajstić information content (AvgIpc) is 3.17. The number of nitrogens with one attached hydrogen (secondary N) is 3. The Hall–Kier alpha value is -2.54. The van der Waals surface area contributed by atoms with Crippen LogP contribution in [0.4, 0.5) is 0 Å². The second kappa shape index (κ2) is 11.2. The van der Waals surface area contributed by atoms with Crippen LogP contribution in [-0.4, -0.2) is 32.1 Å². The van der Waals surface area contributed by atoms with Crippen molar-refractivity contribution in [3.8, 4) is 5.75 Å². The van der Waals surface area contributed by atoms with Crippen molar-refractivity contribution in [1.82, 2.24) is 16.0 Å². The molecule has 0 spiro atoms. The molecule has 1 heterocycles. The number of guanidine groups is 1. The van der Waals surface area contributed by atoms with Gasteiger partial charge in [0.25, 0.3) is 0 Å². The lowest BCUT2D eigenvalue weighted by Crippen LogP contribution is -2.38. The highest BCUT2D eigenvalue weighted by Gasteiger charge is 2.04. The molecule has 0 unspecified atom stereocenters. The first-order valence-corrected chi connectivity index (χ1v) is 9.95. The van der Waals surface area contributed by atoms with Gasteiger partial charge in [-0.1, -0.05) is 19.1 Å². The molecule has 27 heavy (non-hydrogen) atoms. The first-order valence-electron chi connectivity index (χ1n) is 9.14. The maximum absolute atomic E-state index is 12.1. The topological polar surface area (TPSA) is 74.8 Å². The van der Waals surface area contributed by atoms with Crippen molar-refractivity contribution >= 4 is 23.2 Å². The minimum absolute atomic E-state index is 0.0795. The fraction of sp³-hybridized carbons (Fsp3) is 0.400. The average molecular weight is 389 g/mol. The summed E-state index contributed by atoms with van der Waals surface area (Å²) < 4.78 is 5.13. The SMILES string of the molecule is CCNC(=NCC(=O)NCc1ccc(OC)cc1)NCc1ccc(CC)s1. The number of benzene rings is 1. The number of hydrogen-bond donors (Lipinski definition) is 3. The second-order valence-electron chi connectivity index (χ2n) is 5.90. The Morgan fingerprint density at radius 1 is 1.00 bits per heavy atom. The number of carbonyl (C=O) groups is 1. The molecule has 1 aromatic carbocycles. The molecule has 6 nitrogen and oxygen atoms in total. The summed E-state index contributed by atoms with van der Waals surface area (Å²) in [5.41, 5.74) is 1.02. The molecule has 1 amide bonds. The van der Waals surface area contributed by atoms with Crippen LogP contribution in [0.5, 0.6) is 5.75 Å². The van der Waals surface area contributed by atoms with Gasteiger partial charge >= 0.3 is 0 Å². The van der Waals surface area contributed by atoms with E-state index in [0.29, 0.717) is 19.0 Å². The maximum Gasteiger partial charge on any atom is 0.242 e. The fourth-order valence-electron chi connectivity index (χ4n) is 2.37. The number of aliphatic imine (C=N–C) groups is 1. The van der Waals surface area contributed by atoms with Crippen LogP contribution < -0.4 is 20.7 Å². The van der Waals surface area contributed by atoms with Crippen LogP contribution in [-0.2, 0) is 24.3 Å². The van der Waals surface area contributed by atoms with Gasteiger partial charge in [-0.25, -0.2) is 4.99 Å². The number of hydrogen-bond acceptors (Lipinski definition) is 4. The van der Waals surface area contributed by atoms with E-state index in [9.17, 15) is 4.79 Å². The minimum Gasteiger partial charge on any atom is -0.497 e. The summed E-state index contributed by atoms with van der Waals surface area (Å²) in [6.07, 6.45) is 1.05. The minimum atomic E-state index is -0.118. The van der Waals surface area contributed by atoms with E-state index >= 15 is 0 Å². The molecule has 0 bridgehead atoms. The molecule has 0 atom stereocenters. The van der Waals surface area contributed by atoms with Gasteiger partial charge in [0.2, 0.25) is 5.91 Å². The highest BCUT2D eigenvalue weighted by Crippen LogP contribution is 2.16. The highest BCUT2D eigenvalue weighted by molar-refractivity contribution is 7.11. The number of ether oxygens (including phenoxy) is 1. The van der Waals surface area contributed by atoms with Crippen molar-refractivity contribution < 1.29 is 9.53 Å². The van der Waals surface area contributed by atoms with Crippen LogP contribution in [0.25, 0.3) is 0 Å². The Labute approximate surface area is 165 Å². The summed E-state index contributed by atoms with van der Waals surface area (Å²) in [6, 6.07) is 11.9. The molecule has 0 radical (unpaired) electrons. The lowest BCUT2D eigenvalue weighted by atomic mass is 10.2. The summed E-state index contributed by atoms with van der Waals surface area (Å²) in [7, 11) is 1.63. The molecule has 0 aliphatic carbocycles. The van der Waals surface area contributed by atoms with Crippen LogP contribution in [0.1, 0.15) is 29.2 Å². The van der Waals surface area contributed by atoms with Crippen LogP contribution in [0.15, 0.2) is 41.4 Å². The summed E-state index contributed by atoms with van der Waals surface area (Å²) in [4.78, 5) is 19.0. The van der Waals surface area contributed by atoms with Crippen molar-refractivity contribution in [2.45, 2.75) is 33.4 Å². The summed E-state index contributed by atoms with van der Waals surface area (Å²) in [6.45, 7) is 6.14. The van der Waals surface area contributed by atoms with Crippen molar-refractivity contribution in [3.63, 3.8) is 0 Å². The Kier molecular flexibility index (Phi) is 8.64. The van der Waals surface area contributed by atoms with Crippen molar-refractivity contribution in [2.75, 3.05) is 20.2 Å². The molecule has 7 heteroatoms. The van der Waals surface area contributed by atoms with E-state index in [1.165, 1.54) is 9.75 Å². The van der Waals surface area contributed by atoms with E-state index < -0.39 is 0 Å². The Morgan fingerprint density at radius 2 is 1.74 bits per heavy atom. The molecular weight excluding hydrogens is 360 g/mol. The molecule has 0 fully saturated rings. The standard InChI is InChI=1S/C20H28N4O2S/c1-4-17-10-11-18(27-17)13-23-20(21-5-2)24-14-19(25)22-12-15-6-8-16(26-3)9-7-15/h6-11H,4-5,12-14H2,1-3H3,(H,22,25)(H2,21,23,24). The smallest absolute Gasteiger partial charge is 0.242 e. The number of nitrogens with zero attached hydrogens (tertiary/aromatic N) is 1. The van der Waals surface area contributed by atoms with Gasteiger partial charge in [-0.05, 0) is 43.2 Å². The summed E-state index contributed by atoms with van der Waals surface area (Å²) in [5.74, 6) is 1.32. The molecule has 1 aromatic heterocycles. The first-order chi connectivity index (χ1) is 13.1. The normalized spacial score (nSPS) is 11.1. The lowest BCUT2D eigenvalue weighted by Gasteiger charge is -2.10. The summed E-state index contributed by atoms with van der Waals surface area (Å²) >= 11 is 1.79. The number of rotatable bonds is 9. The molecular formula is C20H28N4O2S. The van der Waals surface area contributed by atoms with Crippen molar-refractivity contribution in [2.24, 2.45) is 4.99 Å². The molecule has 0 aliphatic heterocycles. The van der Waals surface area contributed by atoms with Crippen LogP contribution >= 0.6 is 11.3 Å². The van der Waals surface area contributed by atoms with E-state index in [4.69, 9.17) is 4.74 Å². The van der Waals surface area contributed by atoms with E-state index in [1.807, 2.05) is 31.2 Å². The van der Waals surface area contributed by atoms with Crippen LogP contribution in [0.2, 0.25) is 0 Å². The number of carbonyl (C=O) groups excluding carboxylic acids is 1. The zero-order valence-electron chi connectivity index (χ0n) is 16.2. The Balaban J connectivity index is 1.80. The van der Waals surface area contributed by atoms with E-state index in [2.05, 4.69) is 40.0 Å². The molecule has 0 saturated carbocycles. The number of methoxy groups -OCH3 is 1. The molecule has 0 aliphatic rings. The van der Waals surface area contributed by atoms with Crippen molar-refractivity contribution in [3.05, 3.63) is 51.7 Å². The highest BCUT2D eigenvalue weighted by atomic mass is 32.1. The number of thiophene rings is 1. The van der Waals surface area contributed by atoms with Gasteiger partial charge in [0.1, 0.15) is 12.3 Å². The van der Waals surface area contributed by atoms with Gasteiger partial charge in [0.15, 0.2) is 5.96 Å². The third-order valence-electron chi connectivity index (χ3n) is 3.87. The number of amides is 1. The molecule has 3 N–H and O–H groups in total. The first kappa shape index (κ1) is 20.8. The van der Waals surface area contributed by atoms with Gasteiger partial charge in [-0.15, -0.1) is 11.3 Å². The Bertz CT molecular complexity index is 741. The van der Waals surface area contributed by atoms with Crippen LogP contribution in [0, 0.1) is 0 Å². The lowest BCUT2D eigenvalue weighted by molar-refractivity contribution is -0.119. The monoisotopic (exact) mass is 388 g/mol. The molecule has 2 rings (SSSR count). The second-order valence-corrected chi connectivity index (χ2v) is 7.15. The quantitative estimate of drug-likeness (QED) is 0.456. The third-order valence-corrected chi connectivity index (χ3v) is 5.10. The zero-order valence-corrected chi connectivity index (χ0v) is 17.0. The maximum atomic E-state index is 12.1.